The van der Waals surface area contributed by atoms with Crippen molar-refractivity contribution >= 4 is 28.9 Å². The lowest BCUT2D eigenvalue weighted by atomic mass is 10.2. The van der Waals surface area contributed by atoms with Gasteiger partial charge in [0.05, 0.1) is 7.11 Å². The van der Waals surface area contributed by atoms with E-state index in [0.29, 0.717) is 17.3 Å². The quantitative estimate of drug-likeness (QED) is 0.488. The number of aromatic nitrogens is 2. The van der Waals surface area contributed by atoms with Gasteiger partial charge in [-0.15, -0.1) is 0 Å². The number of rotatable bonds is 10. The molecule has 0 spiro atoms. The number of methoxy groups -OCH3 is 1. The lowest BCUT2D eigenvalue weighted by Crippen LogP contribution is -2.23. The van der Waals surface area contributed by atoms with E-state index in [-0.39, 0.29) is 12.5 Å². The van der Waals surface area contributed by atoms with Crippen LogP contribution in [0, 0.1) is 6.92 Å². The first kappa shape index (κ1) is 22.9. The molecule has 3 rings (SSSR count). The van der Waals surface area contributed by atoms with Gasteiger partial charge in [-0.1, -0.05) is 0 Å². The van der Waals surface area contributed by atoms with E-state index in [1.54, 1.807) is 31.4 Å². The highest BCUT2D eigenvalue weighted by atomic mass is 16.5. The molecule has 0 radical (unpaired) electrons. The Labute approximate surface area is 188 Å². The van der Waals surface area contributed by atoms with E-state index in [1.165, 1.54) is 0 Å². The Kier molecular flexibility index (Phi) is 7.85. The maximum Gasteiger partial charge on any atom is 0.262 e. The molecule has 1 amide bonds. The average Bonchev–Trinajstić information content (AvgIpc) is 2.80. The number of hydrogen-bond donors (Lipinski definition) is 2. The Morgan fingerprint density at radius 2 is 1.56 bits per heavy atom. The molecule has 0 aliphatic heterocycles. The second-order valence-electron chi connectivity index (χ2n) is 7.05. The van der Waals surface area contributed by atoms with E-state index in [4.69, 9.17) is 9.47 Å². The van der Waals surface area contributed by atoms with Gasteiger partial charge in [0.15, 0.2) is 6.61 Å². The molecule has 1 aromatic heterocycles. The molecule has 32 heavy (non-hydrogen) atoms. The van der Waals surface area contributed by atoms with Gasteiger partial charge in [0, 0.05) is 30.5 Å². The molecule has 1 heterocycles. The van der Waals surface area contributed by atoms with Crippen molar-refractivity contribution in [2.45, 2.75) is 20.8 Å². The fourth-order valence-electron chi connectivity index (χ4n) is 3.13. The third-order valence-corrected chi connectivity index (χ3v) is 4.78. The van der Waals surface area contributed by atoms with Crippen LogP contribution in [0.1, 0.15) is 19.7 Å². The summed E-state index contributed by atoms with van der Waals surface area (Å²) in [5.41, 5.74) is 1.54. The van der Waals surface area contributed by atoms with Crippen LogP contribution in [0.15, 0.2) is 54.6 Å². The molecule has 8 heteroatoms. The summed E-state index contributed by atoms with van der Waals surface area (Å²) in [4.78, 5) is 23.3. The van der Waals surface area contributed by atoms with Crippen LogP contribution in [0.4, 0.5) is 23.0 Å². The van der Waals surface area contributed by atoms with Gasteiger partial charge >= 0.3 is 0 Å². The number of benzene rings is 2. The van der Waals surface area contributed by atoms with Gasteiger partial charge in [-0.3, -0.25) is 4.79 Å². The highest BCUT2D eigenvalue weighted by Crippen LogP contribution is 2.21. The lowest BCUT2D eigenvalue weighted by molar-refractivity contribution is -0.118. The summed E-state index contributed by atoms with van der Waals surface area (Å²) in [5, 5.41) is 6.12. The molecule has 2 aromatic carbocycles. The van der Waals surface area contributed by atoms with Gasteiger partial charge < -0.3 is 25.0 Å². The summed E-state index contributed by atoms with van der Waals surface area (Å²) in [6.45, 7) is 7.75. The van der Waals surface area contributed by atoms with Crippen molar-refractivity contribution in [2.24, 2.45) is 0 Å². The summed E-state index contributed by atoms with van der Waals surface area (Å²) >= 11 is 0. The number of aryl methyl sites for hydroxylation is 1. The van der Waals surface area contributed by atoms with Crippen LogP contribution in [0.2, 0.25) is 0 Å². The smallest absolute Gasteiger partial charge is 0.262 e. The summed E-state index contributed by atoms with van der Waals surface area (Å²) in [6, 6.07) is 16.4. The van der Waals surface area contributed by atoms with Gasteiger partial charge in [0.25, 0.3) is 5.91 Å². The van der Waals surface area contributed by atoms with E-state index in [0.717, 1.165) is 36.2 Å². The van der Waals surface area contributed by atoms with E-state index in [2.05, 4.69) is 39.3 Å². The second-order valence-corrected chi connectivity index (χ2v) is 7.05. The molecule has 0 atom stereocenters. The van der Waals surface area contributed by atoms with Gasteiger partial charge in [0.2, 0.25) is 0 Å². The maximum absolute atomic E-state index is 12.2. The zero-order chi connectivity index (χ0) is 22.9. The molecule has 0 aliphatic rings. The molecule has 0 aliphatic carbocycles. The number of anilines is 4. The minimum absolute atomic E-state index is 0.0827. The highest BCUT2D eigenvalue weighted by molar-refractivity contribution is 5.92. The maximum atomic E-state index is 12.2. The predicted octanol–water partition coefficient (Wildman–Crippen LogP) is 4.40. The minimum atomic E-state index is -0.239. The zero-order valence-corrected chi connectivity index (χ0v) is 18.9. The monoisotopic (exact) mass is 435 g/mol. The van der Waals surface area contributed by atoms with E-state index < -0.39 is 0 Å². The number of nitrogens with one attached hydrogen (secondary N) is 2. The lowest BCUT2D eigenvalue weighted by Gasteiger charge is -2.20. The Morgan fingerprint density at radius 1 is 0.938 bits per heavy atom. The number of carbonyl (C=O) groups is 1. The van der Waals surface area contributed by atoms with Crippen molar-refractivity contribution < 1.29 is 14.3 Å². The van der Waals surface area contributed by atoms with Crippen molar-refractivity contribution in [2.75, 3.05) is 42.3 Å². The Bertz CT molecular complexity index is 1020. The first-order valence-corrected chi connectivity index (χ1v) is 10.5. The molecular formula is C24H29N5O3. The molecule has 0 fully saturated rings. The number of amides is 1. The number of nitrogens with zero attached hydrogens (tertiary/aromatic N) is 3. The van der Waals surface area contributed by atoms with Gasteiger partial charge in [-0.25, -0.2) is 9.97 Å². The molecular weight excluding hydrogens is 406 g/mol. The van der Waals surface area contributed by atoms with E-state index in [1.807, 2.05) is 37.3 Å². The SMILES string of the molecule is CCN(CC)c1cc(Nc2ccc(NC(=O)COc3ccc(OC)cc3)cc2)nc(C)n1. The van der Waals surface area contributed by atoms with E-state index >= 15 is 0 Å². The molecule has 3 aromatic rings. The molecule has 8 nitrogen and oxygen atoms in total. The average molecular weight is 436 g/mol. The first-order valence-electron chi connectivity index (χ1n) is 10.5. The van der Waals surface area contributed by atoms with Crippen LogP contribution in [0.3, 0.4) is 0 Å². The van der Waals surface area contributed by atoms with Crippen LogP contribution in [0.25, 0.3) is 0 Å². The molecule has 0 saturated carbocycles. The van der Waals surface area contributed by atoms with Gasteiger partial charge in [-0.05, 0) is 69.3 Å². The van der Waals surface area contributed by atoms with Crippen LogP contribution >= 0.6 is 0 Å². The normalized spacial score (nSPS) is 10.4. The molecule has 2 N–H and O–H groups in total. The van der Waals surface area contributed by atoms with Crippen molar-refractivity contribution in [1.29, 1.82) is 0 Å². The molecule has 0 unspecified atom stereocenters. The third kappa shape index (κ3) is 6.34. The van der Waals surface area contributed by atoms with Crippen LogP contribution < -0.4 is 25.0 Å². The molecule has 168 valence electrons. The fourth-order valence-corrected chi connectivity index (χ4v) is 3.13. The van der Waals surface area contributed by atoms with Crippen molar-refractivity contribution in [3.63, 3.8) is 0 Å². The number of hydrogen-bond acceptors (Lipinski definition) is 7. The predicted molar refractivity (Wildman–Crippen MR) is 127 cm³/mol. The number of carbonyl (C=O) groups excluding carboxylic acids is 1. The van der Waals surface area contributed by atoms with Crippen molar-refractivity contribution in [3.05, 3.63) is 60.4 Å². The number of ether oxygens (including phenoxy) is 2. The van der Waals surface area contributed by atoms with E-state index in [9.17, 15) is 4.79 Å². The van der Waals surface area contributed by atoms with Crippen LogP contribution in [-0.4, -0.2) is 42.7 Å². The largest absolute Gasteiger partial charge is 0.497 e. The molecule has 0 saturated heterocycles. The summed E-state index contributed by atoms with van der Waals surface area (Å²) in [7, 11) is 1.60. The standard InChI is InChI=1S/C24H29N5O3/c1-5-29(6-2)23-15-22(25-17(3)26-23)27-18-7-9-19(10-8-18)28-24(30)16-32-21-13-11-20(31-4)12-14-21/h7-15H,5-6,16H2,1-4H3,(H,28,30)(H,25,26,27). The third-order valence-electron chi connectivity index (χ3n) is 4.78. The minimum Gasteiger partial charge on any atom is -0.497 e. The summed E-state index contributed by atoms with van der Waals surface area (Å²) in [5.74, 6) is 3.42. The fraction of sp³-hybridized carbons (Fsp3) is 0.292. The second kappa shape index (κ2) is 11.0. The van der Waals surface area contributed by atoms with Crippen molar-refractivity contribution in [1.82, 2.24) is 9.97 Å². The highest BCUT2D eigenvalue weighted by Gasteiger charge is 2.08. The molecule has 0 bridgehead atoms. The first-order chi connectivity index (χ1) is 15.5. The van der Waals surface area contributed by atoms with Crippen LogP contribution in [0.5, 0.6) is 11.5 Å². The summed E-state index contributed by atoms with van der Waals surface area (Å²) < 4.78 is 10.6. The van der Waals surface area contributed by atoms with Crippen LogP contribution in [-0.2, 0) is 4.79 Å². The van der Waals surface area contributed by atoms with Gasteiger partial charge in [0.1, 0.15) is 29.0 Å². The Balaban J connectivity index is 1.56. The zero-order valence-electron chi connectivity index (χ0n) is 18.9. The van der Waals surface area contributed by atoms with Gasteiger partial charge in [-0.2, -0.15) is 0 Å². The van der Waals surface area contributed by atoms with Crippen molar-refractivity contribution in [3.8, 4) is 11.5 Å². The summed E-state index contributed by atoms with van der Waals surface area (Å²) in [6.07, 6.45) is 0. The Morgan fingerprint density at radius 3 is 2.19 bits per heavy atom. The Hall–Kier alpha value is -3.81. The topological polar surface area (TPSA) is 88.6 Å².